The Hall–Kier alpha value is -3.21. The Balaban J connectivity index is 2.06. The Bertz CT molecular complexity index is 772. The molecule has 0 aliphatic carbocycles. The van der Waals surface area contributed by atoms with E-state index in [1.165, 1.54) is 18.2 Å². The molecule has 5 nitrogen and oxygen atoms in total. The van der Waals surface area contributed by atoms with Gasteiger partial charge in [-0.25, -0.2) is 9.59 Å². The Morgan fingerprint density at radius 1 is 0.957 bits per heavy atom. The second-order valence-electron chi connectivity index (χ2n) is 4.79. The number of hydrogen-bond acceptors (Lipinski definition) is 4. The van der Waals surface area contributed by atoms with Crippen LogP contribution in [0.3, 0.4) is 0 Å². The zero-order chi connectivity index (χ0) is 16.8. The van der Waals surface area contributed by atoms with Crippen molar-refractivity contribution < 1.29 is 24.2 Å². The van der Waals surface area contributed by atoms with Crippen molar-refractivity contribution in [3.63, 3.8) is 0 Å². The predicted octanol–water partition coefficient (Wildman–Crippen LogP) is 3.04. The number of aromatic carboxylic acids is 1. The number of rotatable bonds is 5. The Labute approximate surface area is 132 Å². The van der Waals surface area contributed by atoms with E-state index >= 15 is 0 Å². The topological polar surface area (TPSA) is 80.7 Å². The van der Waals surface area contributed by atoms with E-state index in [2.05, 4.69) is 0 Å². The normalized spacial score (nSPS) is 10.5. The minimum atomic E-state index is -1.20. The number of ether oxygens (including phenoxy) is 1. The molecule has 0 unspecified atom stereocenters. The maximum Gasteiger partial charge on any atom is 0.339 e. The maximum absolute atomic E-state index is 11.9. The summed E-state index contributed by atoms with van der Waals surface area (Å²) in [6.45, 7) is 1.90. The van der Waals surface area contributed by atoms with Crippen LogP contribution >= 0.6 is 0 Å². The van der Waals surface area contributed by atoms with Gasteiger partial charge in [0, 0.05) is 11.6 Å². The van der Waals surface area contributed by atoms with Crippen molar-refractivity contribution in [1.82, 2.24) is 0 Å². The summed E-state index contributed by atoms with van der Waals surface area (Å²) in [7, 11) is 0. The van der Waals surface area contributed by atoms with Crippen LogP contribution in [0.1, 0.15) is 26.3 Å². The second-order valence-corrected chi connectivity index (χ2v) is 4.79. The molecule has 0 spiro atoms. The number of carbonyl (C=O) groups excluding carboxylic acids is 2. The standard InChI is InChI=1S/C18H14O5/c1-12-6-8-13(9-7-12)15(19)10-11-17(20)23-16-5-3-2-4-14(16)18(21)22/h2-11H,1H3,(H,21,22). The van der Waals surface area contributed by atoms with E-state index in [0.717, 1.165) is 17.7 Å². The molecule has 23 heavy (non-hydrogen) atoms. The number of allylic oxidation sites excluding steroid dienone is 1. The molecule has 0 atom stereocenters. The van der Waals surface area contributed by atoms with E-state index in [-0.39, 0.29) is 17.1 Å². The minimum absolute atomic E-state index is 0.0718. The molecule has 0 aliphatic heterocycles. The van der Waals surface area contributed by atoms with Crippen LogP contribution in [0.5, 0.6) is 5.75 Å². The third-order valence-electron chi connectivity index (χ3n) is 3.03. The number of benzene rings is 2. The average molecular weight is 310 g/mol. The molecule has 5 heteroatoms. The first-order chi connectivity index (χ1) is 11.0. The maximum atomic E-state index is 11.9. The van der Waals surface area contributed by atoms with Crippen molar-refractivity contribution in [2.45, 2.75) is 6.92 Å². The molecule has 2 aromatic rings. The number of carboxylic acids is 1. The van der Waals surface area contributed by atoms with Gasteiger partial charge < -0.3 is 9.84 Å². The van der Waals surface area contributed by atoms with Crippen LogP contribution in [0, 0.1) is 6.92 Å². The SMILES string of the molecule is Cc1ccc(C(=O)C=CC(=O)Oc2ccccc2C(=O)O)cc1. The van der Waals surface area contributed by atoms with E-state index in [0.29, 0.717) is 5.56 Å². The van der Waals surface area contributed by atoms with Crippen LogP contribution in [-0.2, 0) is 4.79 Å². The number of ketones is 1. The quantitative estimate of drug-likeness (QED) is 0.397. The van der Waals surface area contributed by atoms with Crippen LogP contribution < -0.4 is 4.74 Å². The largest absolute Gasteiger partial charge is 0.478 e. The first kappa shape index (κ1) is 16.2. The number of para-hydroxylation sites is 1. The molecule has 0 heterocycles. The molecule has 2 rings (SSSR count). The fraction of sp³-hybridized carbons (Fsp3) is 0.0556. The first-order valence-electron chi connectivity index (χ1n) is 6.80. The van der Waals surface area contributed by atoms with Crippen molar-refractivity contribution in [3.8, 4) is 5.75 Å². The molecule has 0 amide bonds. The van der Waals surface area contributed by atoms with E-state index < -0.39 is 11.9 Å². The molecule has 0 radical (unpaired) electrons. The summed E-state index contributed by atoms with van der Waals surface area (Å²) in [6, 6.07) is 12.7. The lowest BCUT2D eigenvalue weighted by atomic mass is 10.1. The van der Waals surface area contributed by atoms with E-state index in [1.54, 1.807) is 30.3 Å². The summed E-state index contributed by atoms with van der Waals surface area (Å²) in [4.78, 5) is 34.6. The third kappa shape index (κ3) is 4.38. The van der Waals surface area contributed by atoms with Crippen molar-refractivity contribution in [2.24, 2.45) is 0 Å². The van der Waals surface area contributed by atoms with Gasteiger partial charge in [-0.3, -0.25) is 4.79 Å². The summed E-state index contributed by atoms with van der Waals surface area (Å²) in [5, 5.41) is 9.00. The van der Waals surface area contributed by atoms with Gasteiger partial charge >= 0.3 is 11.9 Å². The van der Waals surface area contributed by atoms with Crippen LogP contribution in [-0.4, -0.2) is 22.8 Å². The molecule has 0 fully saturated rings. The van der Waals surface area contributed by atoms with Crippen LogP contribution in [0.2, 0.25) is 0 Å². The van der Waals surface area contributed by atoms with Gasteiger partial charge in [0.2, 0.25) is 0 Å². The molecule has 1 N–H and O–H groups in total. The molecule has 2 aromatic carbocycles. The van der Waals surface area contributed by atoms with Crippen molar-refractivity contribution in [1.29, 1.82) is 0 Å². The van der Waals surface area contributed by atoms with Crippen LogP contribution in [0.4, 0.5) is 0 Å². The van der Waals surface area contributed by atoms with E-state index in [1.807, 2.05) is 6.92 Å². The van der Waals surface area contributed by atoms with E-state index in [9.17, 15) is 14.4 Å². The summed E-state index contributed by atoms with van der Waals surface area (Å²) in [5.74, 6) is -2.43. The highest BCUT2D eigenvalue weighted by molar-refractivity contribution is 6.07. The van der Waals surface area contributed by atoms with Gasteiger partial charge in [0.25, 0.3) is 0 Å². The predicted molar refractivity (Wildman–Crippen MR) is 83.7 cm³/mol. The van der Waals surface area contributed by atoms with Gasteiger partial charge in [-0.1, -0.05) is 42.0 Å². The Morgan fingerprint density at radius 3 is 2.26 bits per heavy atom. The van der Waals surface area contributed by atoms with Gasteiger partial charge in [0.05, 0.1) is 0 Å². The first-order valence-corrected chi connectivity index (χ1v) is 6.80. The smallest absolute Gasteiger partial charge is 0.339 e. The summed E-state index contributed by atoms with van der Waals surface area (Å²) < 4.78 is 4.95. The lowest BCUT2D eigenvalue weighted by Crippen LogP contribution is -2.09. The summed E-state index contributed by atoms with van der Waals surface area (Å²) in [5.41, 5.74) is 1.35. The monoisotopic (exact) mass is 310 g/mol. The van der Waals surface area contributed by atoms with Crippen molar-refractivity contribution >= 4 is 17.7 Å². The molecule has 0 saturated heterocycles. The van der Waals surface area contributed by atoms with Gasteiger partial charge in [0.15, 0.2) is 5.78 Å². The minimum Gasteiger partial charge on any atom is -0.478 e. The third-order valence-corrected chi connectivity index (χ3v) is 3.03. The van der Waals surface area contributed by atoms with Gasteiger partial charge in [-0.2, -0.15) is 0 Å². The number of aryl methyl sites for hydroxylation is 1. The molecule has 0 saturated carbocycles. The summed E-state index contributed by atoms with van der Waals surface area (Å²) in [6.07, 6.45) is 2.07. The van der Waals surface area contributed by atoms with Crippen LogP contribution in [0.25, 0.3) is 0 Å². The Kier molecular flexibility index (Phi) is 5.04. The Morgan fingerprint density at radius 2 is 1.61 bits per heavy atom. The fourth-order valence-electron chi connectivity index (χ4n) is 1.83. The van der Waals surface area contributed by atoms with Gasteiger partial charge in [-0.05, 0) is 25.1 Å². The zero-order valence-corrected chi connectivity index (χ0v) is 12.4. The highest BCUT2D eigenvalue weighted by Crippen LogP contribution is 2.18. The highest BCUT2D eigenvalue weighted by Gasteiger charge is 2.12. The van der Waals surface area contributed by atoms with Crippen LogP contribution in [0.15, 0.2) is 60.7 Å². The average Bonchev–Trinajstić information content (AvgIpc) is 2.53. The van der Waals surface area contributed by atoms with Crippen molar-refractivity contribution in [3.05, 3.63) is 77.4 Å². The fourth-order valence-corrected chi connectivity index (χ4v) is 1.83. The molecular weight excluding hydrogens is 296 g/mol. The molecule has 0 aliphatic rings. The van der Waals surface area contributed by atoms with Gasteiger partial charge in [-0.15, -0.1) is 0 Å². The molecule has 0 aromatic heterocycles. The highest BCUT2D eigenvalue weighted by atomic mass is 16.5. The number of carbonyl (C=O) groups is 3. The number of carboxylic acid groups (broad SMARTS) is 1. The zero-order valence-electron chi connectivity index (χ0n) is 12.4. The number of esters is 1. The lowest BCUT2D eigenvalue weighted by molar-refractivity contribution is -0.129. The molecular formula is C18H14O5. The lowest BCUT2D eigenvalue weighted by Gasteiger charge is -2.04. The molecule has 0 bridgehead atoms. The molecule has 116 valence electrons. The summed E-state index contributed by atoms with van der Waals surface area (Å²) >= 11 is 0. The number of hydrogen-bond donors (Lipinski definition) is 1. The van der Waals surface area contributed by atoms with E-state index in [4.69, 9.17) is 9.84 Å². The van der Waals surface area contributed by atoms with Gasteiger partial charge in [0.1, 0.15) is 11.3 Å². The van der Waals surface area contributed by atoms with Crippen molar-refractivity contribution in [2.75, 3.05) is 0 Å². The second kappa shape index (κ2) is 7.17.